The lowest BCUT2D eigenvalue weighted by atomic mass is 10.0. The molecule has 3 heteroatoms. The molecule has 9 rings (SSSR count). The summed E-state index contributed by atoms with van der Waals surface area (Å²) in [4.78, 5) is 2.40. The van der Waals surface area contributed by atoms with Crippen molar-refractivity contribution in [2.45, 2.75) is 0 Å². The van der Waals surface area contributed by atoms with E-state index in [9.17, 15) is 0 Å². The minimum Gasteiger partial charge on any atom is -0.456 e. The van der Waals surface area contributed by atoms with Crippen LogP contribution in [-0.4, -0.2) is 0 Å². The van der Waals surface area contributed by atoms with Crippen LogP contribution in [0.2, 0.25) is 0 Å². The third-order valence-electron chi connectivity index (χ3n) is 8.68. The highest BCUT2D eigenvalue weighted by atomic mass is 32.1. The Morgan fingerprint density at radius 2 is 1.09 bits per heavy atom. The molecule has 2 nitrogen and oxygen atoms in total. The molecule has 212 valence electrons. The summed E-state index contributed by atoms with van der Waals surface area (Å²) < 4.78 is 8.79. The van der Waals surface area contributed by atoms with E-state index in [0.29, 0.717) is 0 Å². The molecule has 0 radical (unpaired) electrons. The molecular weight excluding hydrogens is 567 g/mol. The smallest absolute Gasteiger partial charge is 0.135 e. The minimum absolute atomic E-state index is 0.894. The second-order valence-corrected chi connectivity index (χ2v) is 12.4. The minimum atomic E-state index is 0.894. The quantitative estimate of drug-likeness (QED) is 0.197. The number of hydrogen-bond acceptors (Lipinski definition) is 3. The predicted octanol–water partition coefficient (Wildman–Crippen LogP) is 12.8. The van der Waals surface area contributed by atoms with E-state index in [1.807, 2.05) is 23.5 Å². The van der Waals surface area contributed by atoms with Crippen LogP contribution >= 0.6 is 11.3 Å². The first-order chi connectivity index (χ1) is 22.3. The van der Waals surface area contributed by atoms with Crippen molar-refractivity contribution < 1.29 is 4.42 Å². The van der Waals surface area contributed by atoms with Gasteiger partial charge in [0.05, 0.1) is 5.69 Å². The van der Waals surface area contributed by atoms with Crippen LogP contribution in [0.5, 0.6) is 0 Å². The zero-order valence-corrected chi connectivity index (χ0v) is 25.2. The van der Waals surface area contributed by atoms with E-state index in [4.69, 9.17) is 4.42 Å². The molecule has 0 bridgehead atoms. The van der Waals surface area contributed by atoms with Crippen molar-refractivity contribution in [1.29, 1.82) is 0 Å². The molecule has 2 aromatic heterocycles. The van der Waals surface area contributed by atoms with E-state index in [-0.39, 0.29) is 0 Å². The van der Waals surface area contributed by atoms with Crippen LogP contribution < -0.4 is 4.90 Å². The molecule has 0 fully saturated rings. The average molecular weight is 594 g/mol. The summed E-state index contributed by atoms with van der Waals surface area (Å²) in [5.74, 6) is 0. The third kappa shape index (κ3) is 4.32. The number of anilines is 3. The van der Waals surface area contributed by atoms with Gasteiger partial charge >= 0.3 is 0 Å². The van der Waals surface area contributed by atoms with Crippen LogP contribution in [0.3, 0.4) is 0 Å². The Labute approximate surface area is 265 Å². The Balaban J connectivity index is 1.29. The van der Waals surface area contributed by atoms with E-state index in [1.165, 1.54) is 42.4 Å². The largest absolute Gasteiger partial charge is 0.456 e. The molecule has 0 atom stereocenters. The number of para-hydroxylation sites is 1. The number of benzene rings is 7. The van der Waals surface area contributed by atoms with Crippen LogP contribution in [-0.2, 0) is 0 Å². The molecule has 9 aromatic rings. The molecule has 0 saturated heterocycles. The Kier molecular flexibility index (Phi) is 6.03. The van der Waals surface area contributed by atoms with Gasteiger partial charge in [-0.3, -0.25) is 0 Å². The second-order valence-electron chi connectivity index (χ2n) is 11.3. The number of rotatable bonds is 5. The van der Waals surface area contributed by atoms with Crippen LogP contribution in [0, 0.1) is 0 Å². The molecule has 45 heavy (non-hydrogen) atoms. The van der Waals surface area contributed by atoms with Crippen molar-refractivity contribution in [1.82, 2.24) is 0 Å². The first-order valence-corrected chi connectivity index (χ1v) is 16.0. The molecule has 2 heterocycles. The SMILES string of the molecule is c1ccc(-c2ccc(N(c3ccc4oc5ccccc5c4c3)c3cccc4sc5c(-c6ccccc6)cccc5c34)cc2)cc1. The number of hydrogen-bond donors (Lipinski definition) is 0. The van der Waals surface area contributed by atoms with Crippen LogP contribution in [0.15, 0.2) is 168 Å². The van der Waals surface area contributed by atoms with E-state index in [0.717, 1.165) is 39.0 Å². The third-order valence-corrected chi connectivity index (χ3v) is 9.88. The molecule has 0 aliphatic heterocycles. The number of thiophene rings is 1. The van der Waals surface area contributed by atoms with Gasteiger partial charge in [-0.1, -0.05) is 115 Å². The first kappa shape index (κ1) is 25.8. The standard InChI is InChI=1S/C42H27NOS/c1-3-11-28(12-4-1)29-21-23-31(24-22-29)43(32-25-26-39-36(27-32)34-15-7-8-19-38(34)44-39)37-18-10-20-40-41(37)35-17-9-16-33(42(35)45-40)30-13-5-2-6-14-30/h1-27H. The van der Waals surface area contributed by atoms with Gasteiger partial charge in [0.2, 0.25) is 0 Å². The Morgan fingerprint density at radius 3 is 1.91 bits per heavy atom. The molecule has 7 aromatic carbocycles. The van der Waals surface area contributed by atoms with Crippen molar-refractivity contribution in [2.24, 2.45) is 0 Å². The maximum Gasteiger partial charge on any atom is 0.135 e. The average Bonchev–Trinajstić information content (AvgIpc) is 3.68. The van der Waals surface area contributed by atoms with Crippen LogP contribution in [0.25, 0.3) is 64.4 Å². The summed E-state index contributed by atoms with van der Waals surface area (Å²) >= 11 is 1.87. The lowest BCUT2D eigenvalue weighted by molar-refractivity contribution is 0.669. The molecule has 0 aliphatic rings. The van der Waals surface area contributed by atoms with Gasteiger partial charge in [-0.15, -0.1) is 11.3 Å². The van der Waals surface area contributed by atoms with Gasteiger partial charge in [0.25, 0.3) is 0 Å². The zero-order chi connectivity index (χ0) is 29.7. The molecular formula is C42H27NOS. The van der Waals surface area contributed by atoms with Crippen molar-refractivity contribution in [3.05, 3.63) is 164 Å². The summed E-state index contributed by atoms with van der Waals surface area (Å²) in [6.45, 7) is 0. The highest BCUT2D eigenvalue weighted by molar-refractivity contribution is 7.26. The fraction of sp³-hybridized carbons (Fsp3) is 0. The van der Waals surface area contributed by atoms with Gasteiger partial charge in [0.1, 0.15) is 11.2 Å². The van der Waals surface area contributed by atoms with Gasteiger partial charge in [-0.25, -0.2) is 0 Å². The van der Waals surface area contributed by atoms with Gasteiger partial charge < -0.3 is 9.32 Å². The summed E-state index contributed by atoms with van der Waals surface area (Å²) in [5.41, 5.74) is 10.1. The number of furan rings is 1. The highest BCUT2D eigenvalue weighted by Gasteiger charge is 2.21. The molecule has 0 N–H and O–H groups in total. The van der Waals surface area contributed by atoms with Crippen molar-refractivity contribution in [2.75, 3.05) is 4.90 Å². The maximum absolute atomic E-state index is 6.22. The van der Waals surface area contributed by atoms with Gasteiger partial charge in [0, 0.05) is 42.3 Å². The van der Waals surface area contributed by atoms with E-state index < -0.39 is 0 Å². The van der Waals surface area contributed by atoms with Crippen LogP contribution in [0.1, 0.15) is 0 Å². The predicted molar refractivity (Wildman–Crippen MR) is 192 cm³/mol. The summed E-state index contributed by atoms with van der Waals surface area (Å²) in [7, 11) is 0. The molecule has 0 unspecified atom stereocenters. The van der Waals surface area contributed by atoms with Crippen molar-refractivity contribution >= 4 is 70.5 Å². The summed E-state index contributed by atoms with van der Waals surface area (Å²) in [6, 6.07) is 58.4. The van der Waals surface area contributed by atoms with Gasteiger partial charge in [0.15, 0.2) is 0 Å². The molecule has 0 spiro atoms. The topological polar surface area (TPSA) is 16.4 Å². The molecule has 0 saturated carbocycles. The number of fused-ring (bicyclic) bond motifs is 6. The lowest BCUT2D eigenvalue weighted by Gasteiger charge is -2.27. The highest BCUT2D eigenvalue weighted by Crippen LogP contribution is 2.48. The van der Waals surface area contributed by atoms with Gasteiger partial charge in [-0.05, 0) is 70.8 Å². The monoisotopic (exact) mass is 593 g/mol. The molecule has 0 amide bonds. The molecule has 0 aliphatic carbocycles. The van der Waals surface area contributed by atoms with Gasteiger partial charge in [-0.2, -0.15) is 0 Å². The summed E-state index contributed by atoms with van der Waals surface area (Å²) in [6.07, 6.45) is 0. The number of nitrogens with zero attached hydrogens (tertiary/aromatic N) is 1. The van der Waals surface area contributed by atoms with E-state index in [1.54, 1.807) is 0 Å². The van der Waals surface area contributed by atoms with Crippen LogP contribution in [0.4, 0.5) is 17.1 Å². The fourth-order valence-corrected chi connectivity index (χ4v) is 7.83. The second kappa shape index (κ2) is 10.5. The lowest BCUT2D eigenvalue weighted by Crippen LogP contribution is -2.10. The summed E-state index contributed by atoms with van der Waals surface area (Å²) in [5, 5.41) is 4.77. The first-order valence-electron chi connectivity index (χ1n) is 15.2. The zero-order valence-electron chi connectivity index (χ0n) is 24.4. The van der Waals surface area contributed by atoms with Crippen molar-refractivity contribution in [3.8, 4) is 22.3 Å². The normalized spacial score (nSPS) is 11.6. The van der Waals surface area contributed by atoms with E-state index in [2.05, 4.69) is 157 Å². The van der Waals surface area contributed by atoms with E-state index >= 15 is 0 Å². The Morgan fingerprint density at radius 1 is 0.444 bits per heavy atom. The van der Waals surface area contributed by atoms with Crippen molar-refractivity contribution in [3.63, 3.8) is 0 Å². The Bertz CT molecular complexity index is 2470. The maximum atomic E-state index is 6.22. The Hall–Kier alpha value is -5.64. The fourth-order valence-electron chi connectivity index (χ4n) is 6.57.